The summed E-state index contributed by atoms with van der Waals surface area (Å²) in [6, 6.07) is 10.6. The summed E-state index contributed by atoms with van der Waals surface area (Å²) in [5, 5.41) is 21.0. The third kappa shape index (κ3) is 3.43. The largest absolute Gasteiger partial charge is 0.490 e. The molecule has 1 heterocycles. The Morgan fingerprint density at radius 2 is 2.00 bits per heavy atom. The van der Waals surface area contributed by atoms with Crippen LogP contribution in [0.15, 0.2) is 42.6 Å². The first-order valence-electron chi connectivity index (χ1n) is 6.22. The fraction of sp³-hybridized carbons (Fsp3) is 0.143. The normalized spacial score (nSPS) is 10.2. The number of benzene rings is 1. The van der Waals surface area contributed by atoms with Crippen molar-refractivity contribution < 1.29 is 14.8 Å². The molecule has 0 aliphatic carbocycles. The molecular weight excluding hydrogens is 255 g/mol. The number of carbonyl (C=O) groups is 1. The lowest BCUT2D eigenvalue weighted by Crippen LogP contribution is -2.30. The summed E-state index contributed by atoms with van der Waals surface area (Å²) in [6.45, 7) is 1.92. The van der Waals surface area contributed by atoms with Gasteiger partial charge in [0.1, 0.15) is 5.82 Å². The Labute approximate surface area is 117 Å². The summed E-state index contributed by atoms with van der Waals surface area (Å²) in [6.07, 6.45) is 1.37. The summed E-state index contributed by atoms with van der Waals surface area (Å²) in [4.78, 5) is 16.0. The zero-order chi connectivity index (χ0) is 14.5. The fourth-order valence-electron chi connectivity index (χ4n) is 1.81. The predicted octanol–water partition coefficient (Wildman–Crippen LogP) is 0.365. The van der Waals surface area contributed by atoms with Crippen molar-refractivity contribution in [2.75, 3.05) is 11.9 Å². The number of nitrogens with zero attached hydrogens (tertiary/aromatic N) is 1. The van der Waals surface area contributed by atoms with Gasteiger partial charge in [-0.25, -0.2) is 4.98 Å². The standard InChI is InChI=1S/C14H15BN2O3/c1-10-7-12(15(19)20)8-16-14(10)17-9-13(18)11-5-3-2-4-6-11/h2-8,19-20H,9H2,1H3,(H,16,17). The summed E-state index contributed by atoms with van der Waals surface area (Å²) in [5.41, 5.74) is 1.71. The van der Waals surface area contributed by atoms with Crippen LogP contribution in [-0.4, -0.2) is 34.5 Å². The van der Waals surface area contributed by atoms with E-state index < -0.39 is 7.12 Å². The lowest BCUT2D eigenvalue weighted by molar-refractivity contribution is 0.101. The number of Topliss-reactive ketones (excluding diaryl/α,β-unsaturated/α-hetero) is 1. The fourth-order valence-corrected chi connectivity index (χ4v) is 1.81. The van der Waals surface area contributed by atoms with E-state index in [2.05, 4.69) is 10.3 Å². The van der Waals surface area contributed by atoms with Crippen molar-refractivity contribution in [3.63, 3.8) is 0 Å². The molecule has 2 rings (SSSR count). The average Bonchev–Trinajstić information content (AvgIpc) is 2.46. The first kappa shape index (κ1) is 14.2. The van der Waals surface area contributed by atoms with E-state index in [0.29, 0.717) is 16.8 Å². The maximum Gasteiger partial charge on any atom is 0.490 e. The van der Waals surface area contributed by atoms with Crippen LogP contribution in [0.25, 0.3) is 0 Å². The van der Waals surface area contributed by atoms with E-state index >= 15 is 0 Å². The van der Waals surface area contributed by atoms with Gasteiger partial charge in [0.2, 0.25) is 0 Å². The number of nitrogens with one attached hydrogen (secondary N) is 1. The Hall–Kier alpha value is -2.18. The summed E-state index contributed by atoms with van der Waals surface area (Å²) in [7, 11) is -1.54. The Bertz CT molecular complexity index is 603. The molecule has 0 saturated heterocycles. The van der Waals surface area contributed by atoms with Gasteiger partial charge >= 0.3 is 7.12 Å². The first-order valence-corrected chi connectivity index (χ1v) is 6.22. The molecule has 6 heteroatoms. The van der Waals surface area contributed by atoms with Crippen molar-refractivity contribution in [3.8, 4) is 0 Å². The molecule has 0 atom stereocenters. The lowest BCUT2D eigenvalue weighted by atomic mass is 9.81. The van der Waals surface area contributed by atoms with Crippen LogP contribution in [0.4, 0.5) is 5.82 Å². The molecule has 0 bridgehead atoms. The molecule has 0 spiro atoms. The average molecular weight is 270 g/mol. The molecule has 1 aromatic carbocycles. The minimum absolute atomic E-state index is 0.0296. The lowest BCUT2D eigenvalue weighted by Gasteiger charge is -2.09. The molecule has 0 unspecified atom stereocenters. The number of rotatable bonds is 5. The first-order chi connectivity index (χ1) is 9.58. The molecule has 0 radical (unpaired) electrons. The Morgan fingerprint density at radius 1 is 1.30 bits per heavy atom. The van der Waals surface area contributed by atoms with Gasteiger partial charge < -0.3 is 15.4 Å². The number of aryl methyl sites for hydroxylation is 1. The molecule has 0 fully saturated rings. The minimum Gasteiger partial charge on any atom is -0.423 e. The Kier molecular flexibility index (Phi) is 4.50. The number of pyridine rings is 1. The summed E-state index contributed by atoms with van der Waals surface area (Å²) in [5.74, 6) is 0.525. The number of ketones is 1. The van der Waals surface area contributed by atoms with Crippen molar-refractivity contribution in [3.05, 3.63) is 53.7 Å². The van der Waals surface area contributed by atoms with Crippen LogP contribution in [0, 0.1) is 6.92 Å². The van der Waals surface area contributed by atoms with Gasteiger partial charge in [-0.05, 0) is 12.5 Å². The van der Waals surface area contributed by atoms with Crippen molar-refractivity contribution in [2.45, 2.75) is 6.92 Å². The zero-order valence-electron chi connectivity index (χ0n) is 11.1. The second-order valence-electron chi connectivity index (χ2n) is 4.45. The van der Waals surface area contributed by atoms with Gasteiger partial charge in [0.25, 0.3) is 0 Å². The Morgan fingerprint density at radius 3 is 2.60 bits per heavy atom. The van der Waals surface area contributed by atoms with E-state index in [4.69, 9.17) is 10.0 Å². The second kappa shape index (κ2) is 6.32. The highest BCUT2D eigenvalue weighted by molar-refractivity contribution is 6.58. The van der Waals surface area contributed by atoms with Crippen LogP contribution >= 0.6 is 0 Å². The van der Waals surface area contributed by atoms with Gasteiger partial charge in [0.15, 0.2) is 5.78 Å². The van der Waals surface area contributed by atoms with Gasteiger partial charge in [-0.3, -0.25) is 4.79 Å². The van der Waals surface area contributed by atoms with E-state index in [1.54, 1.807) is 25.1 Å². The van der Waals surface area contributed by atoms with E-state index in [1.165, 1.54) is 6.20 Å². The quantitative estimate of drug-likeness (QED) is 0.540. The molecule has 102 valence electrons. The van der Waals surface area contributed by atoms with Gasteiger partial charge in [-0.15, -0.1) is 0 Å². The van der Waals surface area contributed by atoms with E-state index in [1.807, 2.05) is 18.2 Å². The predicted molar refractivity (Wildman–Crippen MR) is 78.1 cm³/mol. The number of aromatic nitrogens is 1. The van der Waals surface area contributed by atoms with Crippen LogP contribution in [-0.2, 0) is 0 Å². The van der Waals surface area contributed by atoms with Crippen LogP contribution in [0.3, 0.4) is 0 Å². The van der Waals surface area contributed by atoms with E-state index in [9.17, 15) is 4.79 Å². The molecule has 0 saturated carbocycles. The molecule has 2 aromatic rings. The van der Waals surface area contributed by atoms with Crippen molar-refractivity contribution >= 4 is 24.2 Å². The maximum absolute atomic E-state index is 11.9. The summed E-state index contributed by atoms with van der Waals surface area (Å²) >= 11 is 0. The molecular formula is C14H15BN2O3. The highest BCUT2D eigenvalue weighted by Crippen LogP contribution is 2.09. The van der Waals surface area contributed by atoms with Crippen LogP contribution in [0.5, 0.6) is 0 Å². The Balaban J connectivity index is 2.03. The monoisotopic (exact) mass is 270 g/mol. The maximum atomic E-state index is 11.9. The van der Waals surface area contributed by atoms with Gasteiger partial charge in [-0.1, -0.05) is 36.4 Å². The third-order valence-corrected chi connectivity index (χ3v) is 2.91. The van der Waals surface area contributed by atoms with E-state index in [0.717, 1.165) is 5.56 Å². The van der Waals surface area contributed by atoms with E-state index in [-0.39, 0.29) is 12.3 Å². The minimum atomic E-state index is -1.54. The van der Waals surface area contributed by atoms with Gasteiger partial charge in [0.05, 0.1) is 6.54 Å². The number of carbonyl (C=O) groups excluding carboxylic acids is 1. The summed E-state index contributed by atoms with van der Waals surface area (Å²) < 4.78 is 0. The number of hydrogen-bond donors (Lipinski definition) is 3. The molecule has 0 aliphatic rings. The topological polar surface area (TPSA) is 82.4 Å². The second-order valence-corrected chi connectivity index (χ2v) is 4.45. The third-order valence-electron chi connectivity index (χ3n) is 2.91. The van der Waals surface area contributed by atoms with Crippen molar-refractivity contribution in [2.24, 2.45) is 0 Å². The van der Waals surface area contributed by atoms with Crippen LogP contribution in [0.1, 0.15) is 15.9 Å². The molecule has 1 aromatic heterocycles. The highest BCUT2D eigenvalue weighted by atomic mass is 16.4. The smallest absolute Gasteiger partial charge is 0.423 e. The molecule has 3 N–H and O–H groups in total. The van der Waals surface area contributed by atoms with Gasteiger partial charge in [-0.2, -0.15) is 0 Å². The molecule has 20 heavy (non-hydrogen) atoms. The SMILES string of the molecule is Cc1cc(B(O)O)cnc1NCC(=O)c1ccccc1. The molecule has 0 amide bonds. The van der Waals surface area contributed by atoms with Crippen LogP contribution < -0.4 is 10.8 Å². The molecule has 5 nitrogen and oxygen atoms in total. The highest BCUT2D eigenvalue weighted by Gasteiger charge is 2.13. The van der Waals surface area contributed by atoms with Crippen LogP contribution in [0.2, 0.25) is 0 Å². The number of anilines is 1. The molecule has 0 aliphatic heterocycles. The van der Waals surface area contributed by atoms with Gasteiger partial charge in [0, 0.05) is 17.2 Å². The number of hydrogen-bond acceptors (Lipinski definition) is 5. The zero-order valence-corrected chi connectivity index (χ0v) is 11.1. The van der Waals surface area contributed by atoms with Crippen molar-refractivity contribution in [1.29, 1.82) is 0 Å². The van der Waals surface area contributed by atoms with Crippen molar-refractivity contribution in [1.82, 2.24) is 4.98 Å².